The van der Waals surface area contributed by atoms with E-state index in [2.05, 4.69) is 20.1 Å². The van der Waals surface area contributed by atoms with Crippen molar-refractivity contribution in [2.24, 2.45) is 0 Å². The van der Waals surface area contributed by atoms with Crippen LogP contribution in [0, 0.1) is 6.92 Å². The number of hydrogen-bond acceptors (Lipinski definition) is 5. The third kappa shape index (κ3) is 2.44. The van der Waals surface area contributed by atoms with Crippen LogP contribution in [0.4, 0.5) is 0 Å². The lowest BCUT2D eigenvalue weighted by Gasteiger charge is -2.01. The highest BCUT2D eigenvalue weighted by molar-refractivity contribution is 5.88. The van der Waals surface area contributed by atoms with Gasteiger partial charge < -0.3 is 4.74 Å². The van der Waals surface area contributed by atoms with E-state index in [-0.39, 0.29) is 5.69 Å². The molecular weight excluding hydrogens is 218 g/mol. The van der Waals surface area contributed by atoms with E-state index in [1.807, 2.05) is 31.2 Å². The predicted octanol–water partition coefficient (Wildman–Crippen LogP) is 1.63. The van der Waals surface area contributed by atoms with Crippen molar-refractivity contribution in [2.45, 2.75) is 6.92 Å². The molecule has 0 spiro atoms. The maximum atomic E-state index is 11.3. The number of nitrogens with zero attached hydrogens (tertiary/aromatic N) is 3. The lowest BCUT2D eigenvalue weighted by molar-refractivity contribution is 0.0592. The number of hydrogen-bond donors (Lipinski definition) is 0. The minimum absolute atomic E-state index is 0.151. The van der Waals surface area contributed by atoms with Crippen LogP contribution in [0.3, 0.4) is 0 Å². The summed E-state index contributed by atoms with van der Waals surface area (Å²) in [5.41, 5.74) is 2.79. The van der Waals surface area contributed by atoms with E-state index in [9.17, 15) is 4.79 Å². The number of methoxy groups -OCH3 is 1. The lowest BCUT2D eigenvalue weighted by Crippen LogP contribution is -2.07. The standard InChI is InChI=1S/C12H11N3O2/c1-8-3-5-9(6-4-8)10-7-11(12(16)17-2)14-15-13-10/h3-7H,1-2H3. The van der Waals surface area contributed by atoms with E-state index in [1.54, 1.807) is 6.07 Å². The Bertz CT molecular complexity index is 538. The molecule has 0 aliphatic heterocycles. The molecule has 0 unspecified atom stereocenters. The van der Waals surface area contributed by atoms with Crippen LogP contribution < -0.4 is 0 Å². The van der Waals surface area contributed by atoms with Crippen molar-refractivity contribution in [3.05, 3.63) is 41.6 Å². The zero-order chi connectivity index (χ0) is 12.3. The molecule has 1 heterocycles. The first kappa shape index (κ1) is 11.2. The number of ether oxygens (including phenoxy) is 1. The van der Waals surface area contributed by atoms with Gasteiger partial charge in [0.05, 0.1) is 12.8 Å². The average Bonchev–Trinajstić information content (AvgIpc) is 2.39. The fourth-order valence-corrected chi connectivity index (χ4v) is 1.38. The number of carbonyl (C=O) groups excluding carboxylic acids is 1. The Hall–Kier alpha value is -2.30. The molecule has 0 atom stereocenters. The molecule has 0 aliphatic carbocycles. The van der Waals surface area contributed by atoms with Gasteiger partial charge in [0.2, 0.25) is 0 Å². The molecule has 0 bridgehead atoms. The number of carbonyl (C=O) groups is 1. The summed E-state index contributed by atoms with van der Waals surface area (Å²) >= 11 is 0. The zero-order valence-electron chi connectivity index (χ0n) is 9.54. The SMILES string of the molecule is COC(=O)c1cc(-c2ccc(C)cc2)nnn1. The normalized spacial score (nSPS) is 10.0. The summed E-state index contributed by atoms with van der Waals surface area (Å²) in [6, 6.07) is 9.33. The van der Waals surface area contributed by atoms with Crippen molar-refractivity contribution in [3.8, 4) is 11.3 Å². The Labute approximate surface area is 98.5 Å². The van der Waals surface area contributed by atoms with Gasteiger partial charge in [-0.05, 0) is 12.1 Å². The van der Waals surface area contributed by atoms with E-state index >= 15 is 0 Å². The van der Waals surface area contributed by atoms with Gasteiger partial charge in [0, 0.05) is 11.6 Å². The second-order valence-electron chi connectivity index (χ2n) is 3.56. The fraction of sp³-hybridized carbons (Fsp3) is 0.167. The average molecular weight is 229 g/mol. The van der Waals surface area contributed by atoms with Crippen molar-refractivity contribution >= 4 is 5.97 Å². The second kappa shape index (κ2) is 4.69. The summed E-state index contributed by atoms with van der Waals surface area (Å²) in [6.45, 7) is 2.00. The molecule has 5 nitrogen and oxygen atoms in total. The summed E-state index contributed by atoms with van der Waals surface area (Å²) in [7, 11) is 1.30. The molecular formula is C12H11N3O2. The first-order valence-corrected chi connectivity index (χ1v) is 5.06. The van der Waals surface area contributed by atoms with Gasteiger partial charge in [-0.1, -0.05) is 29.8 Å². The Morgan fingerprint density at radius 1 is 1.18 bits per heavy atom. The lowest BCUT2D eigenvalue weighted by atomic mass is 10.1. The molecule has 0 N–H and O–H groups in total. The monoisotopic (exact) mass is 229 g/mol. The number of aromatic nitrogens is 3. The van der Waals surface area contributed by atoms with Crippen molar-refractivity contribution in [3.63, 3.8) is 0 Å². The molecule has 1 aromatic heterocycles. The third-order valence-electron chi connectivity index (χ3n) is 2.32. The zero-order valence-corrected chi connectivity index (χ0v) is 9.54. The second-order valence-corrected chi connectivity index (χ2v) is 3.56. The van der Waals surface area contributed by atoms with Gasteiger partial charge in [-0.3, -0.25) is 0 Å². The molecule has 0 fully saturated rings. The number of rotatable bonds is 2. The fourth-order valence-electron chi connectivity index (χ4n) is 1.38. The van der Waals surface area contributed by atoms with Crippen molar-refractivity contribution in [2.75, 3.05) is 7.11 Å². The van der Waals surface area contributed by atoms with Crippen LogP contribution in [0.2, 0.25) is 0 Å². The molecule has 2 aromatic rings. The molecule has 86 valence electrons. The molecule has 0 aliphatic rings. The van der Waals surface area contributed by atoms with Crippen LogP contribution >= 0.6 is 0 Å². The molecule has 2 rings (SSSR count). The maximum Gasteiger partial charge on any atom is 0.358 e. The number of aryl methyl sites for hydroxylation is 1. The number of benzene rings is 1. The van der Waals surface area contributed by atoms with Gasteiger partial charge in [-0.15, -0.1) is 10.2 Å². The first-order chi connectivity index (χ1) is 8.20. The molecule has 0 amide bonds. The summed E-state index contributed by atoms with van der Waals surface area (Å²) in [4.78, 5) is 11.3. The highest BCUT2D eigenvalue weighted by Crippen LogP contribution is 2.17. The topological polar surface area (TPSA) is 65.0 Å². The van der Waals surface area contributed by atoms with Crippen LogP contribution in [-0.4, -0.2) is 28.5 Å². The van der Waals surface area contributed by atoms with Gasteiger partial charge in [0.25, 0.3) is 0 Å². The molecule has 5 heteroatoms. The van der Waals surface area contributed by atoms with Crippen LogP contribution in [-0.2, 0) is 4.74 Å². The quantitative estimate of drug-likeness (QED) is 0.732. The van der Waals surface area contributed by atoms with E-state index in [0.717, 1.165) is 11.1 Å². The minimum Gasteiger partial charge on any atom is -0.464 e. The van der Waals surface area contributed by atoms with Crippen LogP contribution in [0.25, 0.3) is 11.3 Å². The highest BCUT2D eigenvalue weighted by Gasteiger charge is 2.10. The largest absolute Gasteiger partial charge is 0.464 e. The van der Waals surface area contributed by atoms with Crippen molar-refractivity contribution < 1.29 is 9.53 Å². The molecule has 1 aromatic carbocycles. The van der Waals surface area contributed by atoms with Crippen LogP contribution in [0.5, 0.6) is 0 Å². The Morgan fingerprint density at radius 3 is 2.53 bits per heavy atom. The molecule has 0 saturated carbocycles. The first-order valence-electron chi connectivity index (χ1n) is 5.06. The predicted molar refractivity (Wildman–Crippen MR) is 61.3 cm³/mol. The van der Waals surface area contributed by atoms with Crippen molar-refractivity contribution in [1.82, 2.24) is 15.4 Å². The Kier molecular flexibility index (Phi) is 3.09. The summed E-state index contributed by atoms with van der Waals surface area (Å²) in [5.74, 6) is -0.520. The van der Waals surface area contributed by atoms with Crippen LogP contribution in [0.1, 0.15) is 16.1 Å². The Balaban J connectivity index is 2.39. The van der Waals surface area contributed by atoms with Gasteiger partial charge in [0.1, 0.15) is 0 Å². The van der Waals surface area contributed by atoms with Crippen molar-refractivity contribution in [1.29, 1.82) is 0 Å². The van der Waals surface area contributed by atoms with E-state index in [0.29, 0.717) is 5.69 Å². The molecule has 0 radical (unpaired) electrons. The minimum atomic E-state index is -0.520. The van der Waals surface area contributed by atoms with E-state index in [1.165, 1.54) is 7.11 Å². The van der Waals surface area contributed by atoms with E-state index in [4.69, 9.17) is 0 Å². The van der Waals surface area contributed by atoms with Gasteiger partial charge in [-0.25, -0.2) is 4.79 Å². The van der Waals surface area contributed by atoms with Gasteiger partial charge in [0.15, 0.2) is 5.69 Å². The summed E-state index contributed by atoms with van der Waals surface area (Å²) in [6.07, 6.45) is 0. The molecule has 0 saturated heterocycles. The smallest absolute Gasteiger partial charge is 0.358 e. The highest BCUT2D eigenvalue weighted by atomic mass is 16.5. The molecule has 17 heavy (non-hydrogen) atoms. The number of esters is 1. The third-order valence-corrected chi connectivity index (χ3v) is 2.32. The maximum absolute atomic E-state index is 11.3. The van der Waals surface area contributed by atoms with Gasteiger partial charge >= 0.3 is 5.97 Å². The summed E-state index contributed by atoms with van der Waals surface area (Å²) < 4.78 is 4.58. The summed E-state index contributed by atoms with van der Waals surface area (Å²) in [5, 5.41) is 11.1. The van der Waals surface area contributed by atoms with E-state index < -0.39 is 5.97 Å². The van der Waals surface area contributed by atoms with Crippen LogP contribution in [0.15, 0.2) is 30.3 Å². The Morgan fingerprint density at radius 2 is 1.88 bits per heavy atom. The van der Waals surface area contributed by atoms with Gasteiger partial charge in [-0.2, -0.15) is 0 Å².